The molecule has 0 bridgehead atoms. The molecule has 1 aromatic rings. The standard InChI is InChI=1S/C16H25N3O4Si/c1-16(2,3)24(4,5)23-9-8-18-11-12-6-7-13(19(21)22)10-14(12)17-15(18)20/h6-7,10H,8-9,11H2,1-5H3,(H,17,20). The first kappa shape index (κ1) is 18.4. The quantitative estimate of drug-likeness (QED) is 0.494. The Hall–Kier alpha value is -1.93. The maximum absolute atomic E-state index is 12.2. The molecule has 0 unspecified atom stereocenters. The van der Waals surface area contributed by atoms with E-state index in [9.17, 15) is 14.9 Å². The Morgan fingerprint density at radius 1 is 1.38 bits per heavy atom. The van der Waals surface area contributed by atoms with Gasteiger partial charge in [0.25, 0.3) is 5.69 Å². The molecule has 0 fully saturated rings. The van der Waals surface area contributed by atoms with E-state index in [1.807, 2.05) is 0 Å². The summed E-state index contributed by atoms with van der Waals surface area (Å²) in [5.74, 6) is 0. The third-order valence-corrected chi connectivity index (χ3v) is 9.36. The summed E-state index contributed by atoms with van der Waals surface area (Å²) in [6, 6.07) is 4.30. The molecule has 24 heavy (non-hydrogen) atoms. The molecule has 0 aromatic heterocycles. The zero-order valence-electron chi connectivity index (χ0n) is 14.9. The molecule has 0 atom stereocenters. The molecule has 0 saturated heterocycles. The van der Waals surface area contributed by atoms with Crippen molar-refractivity contribution in [1.82, 2.24) is 4.90 Å². The van der Waals surface area contributed by atoms with E-state index in [1.165, 1.54) is 12.1 Å². The second-order valence-corrected chi connectivity index (χ2v) is 12.4. The third-order valence-electron chi connectivity index (χ3n) is 4.82. The van der Waals surface area contributed by atoms with Gasteiger partial charge in [0.05, 0.1) is 17.2 Å². The molecule has 1 aliphatic rings. The Balaban J connectivity index is 2.00. The van der Waals surface area contributed by atoms with Crippen molar-refractivity contribution in [3.8, 4) is 0 Å². The van der Waals surface area contributed by atoms with E-state index in [4.69, 9.17) is 4.43 Å². The van der Waals surface area contributed by atoms with Gasteiger partial charge in [-0.15, -0.1) is 0 Å². The van der Waals surface area contributed by atoms with E-state index in [0.717, 1.165) is 5.56 Å². The van der Waals surface area contributed by atoms with Crippen LogP contribution in [0.15, 0.2) is 18.2 Å². The topological polar surface area (TPSA) is 84.7 Å². The van der Waals surface area contributed by atoms with Crippen molar-refractivity contribution in [3.63, 3.8) is 0 Å². The number of benzene rings is 1. The zero-order chi connectivity index (χ0) is 18.1. The van der Waals surface area contributed by atoms with E-state index in [1.54, 1.807) is 11.0 Å². The monoisotopic (exact) mass is 351 g/mol. The predicted octanol–water partition coefficient (Wildman–Crippen LogP) is 3.96. The number of rotatable bonds is 5. The highest BCUT2D eigenvalue weighted by molar-refractivity contribution is 6.74. The lowest BCUT2D eigenvalue weighted by molar-refractivity contribution is -0.384. The van der Waals surface area contributed by atoms with Gasteiger partial charge in [-0.25, -0.2) is 4.79 Å². The number of amides is 2. The number of fused-ring (bicyclic) bond motifs is 1. The summed E-state index contributed by atoms with van der Waals surface area (Å²) in [6.45, 7) is 12.3. The molecule has 1 N–H and O–H groups in total. The lowest BCUT2D eigenvalue weighted by Crippen LogP contribution is -2.45. The molecule has 2 amide bonds. The van der Waals surface area contributed by atoms with Gasteiger partial charge in [-0.2, -0.15) is 0 Å². The van der Waals surface area contributed by atoms with Gasteiger partial charge in [0.15, 0.2) is 8.32 Å². The number of nitrogens with zero attached hydrogens (tertiary/aromatic N) is 2. The van der Waals surface area contributed by atoms with Crippen LogP contribution in [-0.2, 0) is 11.0 Å². The Morgan fingerprint density at radius 2 is 2.04 bits per heavy atom. The number of hydrogen-bond donors (Lipinski definition) is 1. The fourth-order valence-corrected chi connectivity index (χ4v) is 3.25. The first-order chi connectivity index (χ1) is 11.0. The van der Waals surface area contributed by atoms with Gasteiger partial charge in [-0.1, -0.05) is 20.8 Å². The summed E-state index contributed by atoms with van der Waals surface area (Å²) in [4.78, 5) is 24.2. The summed E-state index contributed by atoms with van der Waals surface area (Å²) in [5, 5.41) is 13.7. The Kier molecular flexibility index (Phi) is 5.00. The minimum Gasteiger partial charge on any atom is -0.415 e. The van der Waals surface area contributed by atoms with E-state index >= 15 is 0 Å². The fourth-order valence-electron chi connectivity index (χ4n) is 2.21. The van der Waals surface area contributed by atoms with Gasteiger partial charge in [0.2, 0.25) is 0 Å². The average molecular weight is 351 g/mol. The van der Waals surface area contributed by atoms with E-state index in [2.05, 4.69) is 39.2 Å². The van der Waals surface area contributed by atoms with Crippen LogP contribution in [-0.4, -0.2) is 37.3 Å². The van der Waals surface area contributed by atoms with Crippen molar-refractivity contribution in [2.75, 3.05) is 18.5 Å². The second kappa shape index (κ2) is 6.52. The molecule has 0 spiro atoms. The Labute approximate surface area is 143 Å². The fraction of sp³-hybridized carbons (Fsp3) is 0.562. The van der Waals surface area contributed by atoms with Crippen LogP contribution in [0, 0.1) is 10.1 Å². The highest BCUT2D eigenvalue weighted by Crippen LogP contribution is 2.36. The molecule has 0 saturated carbocycles. The molecule has 1 heterocycles. The van der Waals surface area contributed by atoms with Crippen LogP contribution in [0.25, 0.3) is 0 Å². The second-order valence-electron chi connectivity index (χ2n) is 7.56. The van der Waals surface area contributed by atoms with E-state index < -0.39 is 13.2 Å². The van der Waals surface area contributed by atoms with Crippen LogP contribution < -0.4 is 5.32 Å². The van der Waals surface area contributed by atoms with Gasteiger partial charge in [0, 0.05) is 25.2 Å². The minimum absolute atomic E-state index is 0.0243. The molecule has 1 aromatic carbocycles. The third kappa shape index (κ3) is 3.93. The van der Waals surface area contributed by atoms with Gasteiger partial charge in [0.1, 0.15) is 0 Å². The average Bonchev–Trinajstić information content (AvgIpc) is 2.45. The number of nitro benzene ring substituents is 1. The van der Waals surface area contributed by atoms with Crippen molar-refractivity contribution in [1.29, 1.82) is 0 Å². The lowest BCUT2D eigenvalue weighted by atomic mass is 10.1. The summed E-state index contributed by atoms with van der Waals surface area (Å²) in [6.07, 6.45) is 0. The van der Waals surface area contributed by atoms with Crippen molar-refractivity contribution in [3.05, 3.63) is 33.9 Å². The molecule has 8 heteroatoms. The molecule has 0 aliphatic carbocycles. The number of non-ortho nitro benzene ring substituents is 1. The molecule has 1 aliphatic heterocycles. The van der Waals surface area contributed by atoms with Crippen LogP contribution in [0.1, 0.15) is 26.3 Å². The van der Waals surface area contributed by atoms with Crippen molar-refractivity contribution in [2.24, 2.45) is 0 Å². The summed E-state index contributed by atoms with van der Waals surface area (Å²) in [7, 11) is -1.84. The van der Waals surface area contributed by atoms with Crippen LogP contribution in [0.4, 0.5) is 16.2 Å². The first-order valence-electron chi connectivity index (χ1n) is 7.98. The van der Waals surface area contributed by atoms with Gasteiger partial charge in [-0.05, 0) is 29.8 Å². The summed E-state index contributed by atoms with van der Waals surface area (Å²) < 4.78 is 6.11. The lowest BCUT2D eigenvalue weighted by Gasteiger charge is -2.37. The van der Waals surface area contributed by atoms with E-state index in [-0.39, 0.29) is 16.8 Å². The number of carbonyl (C=O) groups excluding carboxylic acids is 1. The Bertz CT molecular complexity index is 655. The summed E-state index contributed by atoms with van der Waals surface area (Å²) in [5.41, 5.74) is 1.35. The van der Waals surface area contributed by atoms with Gasteiger partial charge < -0.3 is 14.6 Å². The summed E-state index contributed by atoms with van der Waals surface area (Å²) >= 11 is 0. The number of nitrogens with one attached hydrogen (secondary N) is 1. The molecule has 132 valence electrons. The molecule has 7 nitrogen and oxygen atoms in total. The minimum atomic E-state index is -1.84. The molecular weight excluding hydrogens is 326 g/mol. The SMILES string of the molecule is CC(C)(C)[Si](C)(C)OCCN1Cc2ccc([N+](=O)[O-])cc2NC1=O. The highest BCUT2D eigenvalue weighted by Gasteiger charge is 2.37. The van der Waals surface area contributed by atoms with Crippen LogP contribution in [0.3, 0.4) is 0 Å². The Morgan fingerprint density at radius 3 is 2.62 bits per heavy atom. The number of urea groups is 1. The largest absolute Gasteiger partial charge is 0.415 e. The van der Waals surface area contributed by atoms with Gasteiger partial charge in [-0.3, -0.25) is 10.1 Å². The number of anilines is 1. The molecular formula is C16H25N3O4Si. The van der Waals surface area contributed by atoms with Gasteiger partial charge >= 0.3 is 6.03 Å². The smallest absolute Gasteiger partial charge is 0.322 e. The first-order valence-corrected chi connectivity index (χ1v) is 10.9. The maximum atomic E-state index is 12.2. The predicted molar refractivity (Wildman–Crippen MR) is 95.7 cm³/mol. The van der Waals surface area contributed by atoms with Crippen molar-refractivity contribution in [2.45, 2.75) is 45.4 Å². The van der Waals surface area contributed by atoms with Crippen LogP contribution in [0.5, 0.6) is 0 Å². The zero-order valence-corrected chi connectivity index (χ0v) is 15.9. The highest BCUT2D eigenvalue weighted by atomic mass is 28.4. The normalized spacial score (nSPS) is 15.0. The maximum Gasteiger partial charge on any atom is 0.322 e. The molecule has 2 rings (SSSR count). The van der Waals surface area contributed by atoms with Crippen LogP contribution >= 0.6 is 0 Å². The number of carbonyl (C=O) groups is 1. The van der Waals surface area contributed by atoms with Crippen molar-refractivity contribution < 1.29 is 14.1 Å². The van der Waals surface area contributed by atoms with E-state index in [0.29, 0.717) is 25.4 Å². The van der Waals surface area contributed by atoms with Crippen molar-refractivity contribution >= 4 is 25.7 Å². The van der Waals surface area contributed by atoms with Crippen LogP contribution in [0.2, 0.25) is 18.1 Å². The molecule has 0 radical (unpaired) electrons. The number of hydrogen-bond acceptors (Lipinski definition) is 4. The number of nitro groups is 1.